The van der Waals surface area contributed by atoms with E-state index in [9.17, 15) is 26.4 Å². The van der Waals surface area contributed by atoms with Crippen molar-refractivity contribution >= 4 is 38.7 Å². The van der Waals surface area contributed by atoms with Crippen molar-refractivity contribution in [3.63, 3.8) is 0 Å². The molecule has 5 rings (SSSR count). The van der Waals surface area contributed by atoms with Gasteiger partial charge in [0.15, 0.2) is 11.5 Å². The fourth-order valence-corrected chi connectivity index (χ4v) is 5.05. The maximum absolute atomic E-state index is 14.3. The molecule has 0 spiro atoms. The highest BCUT2D eigenvalue weighted by Crippen LogP contribution is 2.43. The normalized spacial score (nSPS) is 17.3. The molecule has 3 aromatic heterocycles. The van der Waals surface area contributed by atoms with Crippen LogP contribution in [0.25, 0.3) is 22.6 Å². The van der Waals surface area contributed by atoms with E-state index in [4.69, 9.17) is 9.92 Å². The molecule has 0 saturated carbocycles. The summed E-state index contributed by atoms with van der Waals surface area (Å²) in [5, 5.41) is 7.17. The van der Waals surface area contributed by atoms with E-state index in [1.54, 1.807) is 6.92 Å². The van der Waals surface area contributed by atoms with Crippen LogP contribution in [0.4, 0.5) is 24.8 Å². The number of nitrogens with one attached hydrogen (secondary N) is 1. The average molecular weight is 562 g/mol. The largest absolute Gasteiger partial charge is 0.383 e. The maximum Gasteiger partial charge on any atom is 0.264 e. The van der Waals surface area contributed by atoms with Crippen molar-refractivity contribution in [3.05, 3.63) is 59.0 Å². The van der Waals surface area contributed by atoms with Crippen molar-refractivity contribution in [3.8, 4) is 11.5 Å². The predicted octanol–water partition coefficient (Wildman–Crippen LogP) is 2.90. The zero-order valence-corrected chi connectivity index (χ0v) is 21.5. The number of pyridine rings is 1. The molecule has 1 unspecified atom stereocenters. The molecule has 15 heteroatoms. The Kier molecular flexibility index (Phi) is 6.50. The Morgan fingerprint density at radius 2 is 1.92 bits per heavy atom. The maximum atomic E-state index is 14.3. The van der Waals surface area contributed by atoms with Gasteiger partial charge in [-0.2, -0.15) is 13.5 Å². The highest BCUT2D eigenvalue weighted by atomic mass is 32.2. The highest BCUT2D eigenvalue weighted by Gasteiger charge is 2.40. The monoisotopic (exact) mass is 561 g/mol. The molecule has 11 nitrogen and oxygen atoms in total. The second kappa shape index (κ2) is 9.57. The molecule has 1 aromatic carbocycles. The summed E-state index contributed by atoms with van der Waals surface area (Å²) < 4.78 is 71.8. The van der Waals surface area contributed by atoms with Crippen LogP contribution < -0.4 is 11.1 Å². The van der Waals surface area contributed by atoms with Crippen LogP contribution in [0.15, 0.2) is 30.5 Å². The summed E-state index contributed by atoms with van der Waals surface area (Å²) >= 11 is 0. The van der Waals surface area contributed by atoms with Gasteiger partial charge in [0.1, 0.15) is 34.8 Å². The van der Waals surface area contributed by atoms with E-state index >= 15 is 0 Å². The van der Waals surface area contributed by atoms with Crippen molar-refractivity contribution in [2.24, 2.45) is 0 Å². The van der Waals surface area contributed by atoms with E-state index in [1.165, 1.54) is 10.7 Å². The summed E-state index contributed by atoms with van der Waals surface area (Å²) in [6, 6.07) is 4.56. The first-order chi connectivity index (χ1) is 18.3. The van der Waals surface area contributed by atoms with Crippen LogP contribution in [-0.4, -0.2) is 51.9 Å². The average Bonchev–Trinajstić information content (AvgIpc) is 3.17. The van der Waals surface area contributed by atoms with Gasteiger partial charge in [0.25, 0.3) is 10.1 Å². The van der Waals surface area contributed by atoms with Gasteiger partial charge in [0.2, 0.25) is 5.91 Å². The SMILES string of the molecule is CC1(CCOS(C)(=O)=O)CC(=O)Nc2nc(-c3nn(Cc4c(F)cccc4F)c4ncc(F)cc34)nc(N)c21. The van der Waals surface area contributed by atoms with Gasteiger partial charge in [0.05, 0.1) is 31.0 Å². The molecule has 0 bridgehead atoms. The van der Waals surface area contributed by atoms with Crippen molar-refractivity contribution in [2.45, 2.75) is 31.7 Å². The lowest BCUT2D eigenvalue weighted by atomic mass is 9.75. The van der Waals surface area contributed by atoms with Gasteiger partial charge in [-0.25, -0.2) is 32.8 Å². The number of hydrogen-bond donors (Lipinski definition) is 2. The predicted molar refractivity (Wildman–Crippen MR) is 134 cm³/mol. The van der Waals surface area contributed by atoms with E-state index in [0.717, 1.165) is 30.7 Å². The van der Waals surface area contributed by atoms with Crippen LogP contribution >= 0.6 is 0 Å². The van der Waals surface area contributed by atoms with Gasteiger partial charge >= 0.3 is 0 Å². The molecule has 39 heavy (non-hydrogen) atoms. The Bertz CT molecular complexity index is 1730. The number of carbonyl (C=O) groups excluding carboxylic acids is 1. The number of nitrogens with two attached hydrogens (primary N) is 1. The number of benzene rings is 1. The third-order valence-corrected chi connectivity index (χ3v) is 7.03. The summed E-state index contributed by atoms with van der Waals surface area (Å²) in [5.74, 6) is -2.72. The molecule has 0 aliphatic carbocycles. The summed E-state index contributed by atoms with van der Waals surface area (Å²) in [4.78, 5) is 25.4. The standard InChI is InChI=1S/C24H22F3N7O4S/c1-24(6-7-38-39(2,36)37)9-17(35)30-21-18(24)20(28)31-22(32-21)19-13-8-12(25)10-29-23(13)34(33-19)11-14-15(26)4-3-5-16(14)27/h3-5,8,10H,6-7,9,11H2,1-2H3,(H3,28,30,31,32,35). The van der Waals surface area contributed by atoms with E-state index in [-0.39, 0.29) is 65.7 Å². The Morgan fingerprint density at radius 3 is 2.62 bits per heavy atom. The lowest BCUT2D eigenvalue weighted by molar-refractivity contribution is -0.117. The smallest absolute Gasteiger partial charge is 0.264 e. The number of nitrogens with zero attached hydrogens (tertiary/aromatic N) is 5. The molecule has 4 heterocycles. The van der Waals surface area contributed by atoms with E-state index < -0.39 is 38.9 Å². The first-order valence-corrected chi connectivity index (χ1v) is 13.4. The topological polar surface area (TPSA) is 155 Å². The molecule has 1 amide bonds. The minimum Gasteiger partial charge on any atom is -0.383 e. The molecule has 1 aliphatic rings. The molecular weight excluding hydrogens is 539 g/mol. The molecule has 204 valence electrons. The van der Waals surface area contributed by atoms with Crippen molar-refractivity contribution in [1.82, 2.24) is 24.7 Å². The Balaban J connectivity index is 1.61. The molecule has 3 N–H and O–H groups in total. The number of aromatic nitrogens is 5. The summed E-state index contributed by atoms with van der Waals surface area (Å²) in [5.41, 5.74) is 5.60. The van der Waals surface area contributed by atoms with E-state index in [2.05, 4.69) is 25.4 Å². The molecule has 1 atom stereocenters. The van der Waals surface area contributed by atoms with Gasteiger partial charge in [-0.15, -0.1) is 0 Å². The van der Waals surface area contributed by atoms with Gasteiger partial charge in [-0.3, -0.25) is 8.98 Å². The summed E-state index contributed by atoms with van der Waals surface area (Å²) in [7, 11) is -3.70. The van der Waals surface area contributed by atoms with Gasteiger partial charge < -0.3 is 11.1 Å². The number of anilines is 2. The molecule has 4 aromatic rings. The van der Waals surface area contributed by atoms with Crippen LogP contribution in [0.5, 0.6) is 0 Å². The zero-order chi connectivity index (χ0) is 28.1. The van der Waals surface area contributed by atoms with Gasteiger partial charge in [-0.1, -0.05) is 13.0 Å². The Morgan fingerprint density at radius 1 is 1.21 bits per heavy atom. The van der Waals surface area contributed by atoms with Crippen LogP contribution in [0, 0.1) is 17.5 Å². The van der Waals surface area contributed by atoms with Crippen LogP contribution in [0.3, 0.4) is 0 Å². The van der Waals surface area contributed by atoms with Crippen molar-refractivity contribution < 1.29 is 30.6 Å². The number of rotatable bonds is 7. The van der Waals surface area contributed by atoms with Gasteiger partial charge in [-0.05, 0) is 24.6 Å². The summed E-state index contributed by atoms with van der Waals surface area (Å²) in [6.45, 7) is 1.15. The van der Waals surface area contributed by atoms with Crippen molar-refractivity contribution in [1.29, 1.82) is 0 Å². The molecule has 0 fully saturated rings. The van der Waals surface area contributed by atoms with Gasteiger partial charge in [0, 0.05) is 23.0 Å². The summed E-state index contributed by atoms with van der Waals surface area (Å²) in [6.07, 6.45) is 1.95. The third kappa shape index (κ3) is 5.14. The van der Waals surface area contributed by atoms with Crippen LogP contribution in [0.1, 0.15) is 30.9 Å². The molecule has 0 saturated heterocycles. The fraction of sp³-hybridized carbons (Fsp3) is 0.292. The fourth-order valence-electron chi connectivity index (χ4n) is 4.66. The first-order valence-electron chi connectivity index (χ1n) is 11.6. The van der Waals surface area contributed by atoms with E-state index in [1.807, 2.05) is 0 Å². The minimum atomic E-state index is -3.70. The number of nitrogen functional groups attached to an aromatic ring is 1. The number of hydrogen-bond acceptors (Lipinski definition) is 9. The number of halogens is 3. The van der Waals surface area contributed by atoms with Crippen molar-refractivity contribution in [2.75, 3.05) is 23.9 Å². The minimum absolute atomic E-state index is 0.0187. The first kappa shape index (κ1) is 26.5. The number of carbonyl (C=O) groups is 1. The lowest BCUT2D eigenvalue weighted by Crippen LogP contribution is -2.38. The second-order valence-electron chi connectivity index (χ2n) is 9.45. The van der Waals surface area contributed by atoms with Crippen LogP contribution in [-0.2, 0) is 31.1 Å². The molecular formula is C24H22F3N7O4S. The number of amides is 1. The Labute approximate surface area is 220 Å². The third-order valence-electron chi connectivity index (χ3n) is 6.44. The number of fused-ring (bicyclic) bond motifs is 2. The van der Waals surface area contributed by atoms with Crippen LogP contribution in [0.2, 0.25) is 0 Å². The zero-order valence-electron chi connectivity index (χ0n) is 20.7. The highest BCUT2D eigenvalue weighted by molar-refractivity contribution is 7.85. The van der Waals surface area contributed by atoms with E-state index in [0.29, 0.717) is 5.56 Å². The Hall–Kier alpha value is -4.11. The lowest BCUT2D eigenvalue weighted by Gasteiger charge is -2.35. The molecule has 0 radical (unpaired) electrons. The quantitative estimate of drug-likeness (QED) is 0.324. The molecule has 1 aliphatic heterocycles. The second-order valence-corrected chi connectivity index (χ2v) is 11.1.